The Bertz CT molecular complexity index is 4790. The van der Waals surface area contributed by atoms with Crippen molar-refractivity contribution >= 4 is 22.7 Å². The van der Waals surface area contributed by atoms with E-state index in [1.807, 2.05) is 0 Å². The predicted molar refractivity (Wildman–Crippen MR) is 522 cm³/mol. The van der Waals surface area contributed by atoms with E-state index in [-0.39, 0.29) is 16.6 Å². The van der Waals surface area contributed by atoms with Crippen LogP contribution < -0.4 is 19.6 Å². The third kappa shape index (κ3) is 15.7. The number of hydrogen-bond donors (Lipinski definition) is 0. The van der Waals surface area contributed by atoms with Gasteiger partial charge >= 0.3 is 0 Å². The summed E-state index contributed by atoms with van der Waals surface area (Å²) in [5, 5.41) is 0. The first-order valence-corrected chi connectivity index (χ1v) is 51.9. The Labute approximate surface area is 753 Å². The topological polar surface area (TPSA) is 25.9 Å². The van der Waals surface area contributed by atoms with Crippen molar-refractivity contribution in [2.75, 3.05) is 19.6 Å². The van der Waals surface area contributed by atoms with E-state index in [9.17, 15) is 1.37 Å². The molecule has 7 unspecified atom stereocenters. The highest BCUT2D eigenvalue weighted by Crippen LogP contribution is 2.62. The SMILES string of the molecule is CC1=C2C=CC(C)(c3ccccc3)N2C(C2CCCCC2)N1c1ccccc1C.CC1=C2C=CC(C3CCCCC3)(C3CCCC3)N2C(C2CCCCC2)N1c1ccccc1C.CC1=C2C=CC(C3CCCCC3)(C3CCCCC3)N2C(C2CCCCC2)N1c1ccccc1C.[2H]C1(C2CCCCC2)C=CC2=C(C)N(c3ccccc3C)C(C3CCCCC3)N21. The summed E-state index contributed by atoms with van der Waals surface area (Å²) in [5.74, 6) is 6.66. The lowest BCUT2D eigenvalue weighted by atomic mass is 9.63. The van der Waals surface area contributed by atoms with Gasteiger partial charge in [0.1, 0.15) is 24.7 Å². The molecule has 17 aliphatic rings. The zero-order chi connectivity index (χ0) is 85.6. The maximum atomic E-state index is 9.73. The van der Waals surface area contributed by atoms with Crippen molar-refractivity contribution < 1.29 is 1.37 Å². The molecule has 8 heterocycles. The van der Waals surface area contributed by atoms with Crippen LogP contribution in [-0.4, -0.2) is 61.4 Å². The summed E-state index contributed by atoms with van der Waals surface area (Å²) in [6.07, 6.45) is 82.9. The van der Waals surface area contributed by atoms with Crippen LogP contribution in [0.2, 0.25) is 0 Å². The quantitative estimate of drug-likeness (QED) is 0.109. The zero-order valence-corrected chi connectivity index (χ0v) is 78.4. The van der Waals surface area contributed by atoms with Crippen LogP contribution in [0.15, 0.2) is 222 Å². The van der Waals surface area contributed by atoms with E-state index in [4.69, 9.17) is 0 Å². The first-order chi connectivity index (χ1) is 61.2. The lowest BCUT2D eigenvalue weighted by molar-refractivity contribution is -0.0116. The average molecular weight is 1670 g/mol. The second kappa shape index (κ2) is 37.6. The van der Waals surface area contributed by atoms with E-state index in [1.165, 1.54) is 367 Å². The minimum atomic E-state index is -0.573. The summed E-state index contributed by atoms with van der Waals surface area (Å²) in [6, 6.07) is 46.6. The molecule has 9 aliphatic carbocycles. The highest BCUT2D eigenvalue weighted by Gasteiger charge is 2.62. The van der Waals surface area contributed by atoms with Gasteiger partial charge in [0.15, 0.2) is 0 Å². The maximum Gasteiger partial charge on any atom is 0.110 e. The van der Waals surface area contributed by atoms with Gasteiger partial charge in [0.25, 0.3) is 0 Å². The second-order valence-electron chi connectivity index (χ2n) is 42.6. The molecule has 0 saturated heterocycles. The standard InChI is InChI=1S/C32H46N2.C31H44N2.C27H32N2.C26H36N2/c1-24-14-12-13-21-29(24)33-25(2)30-22-23-32(27-17-8-4-9-18-27,28-19-10-5-11-20-28)34(30)31(33)26-15-6-3-7-16-26;1-23-13-9-12-20-28(23)32-24(2)29-21-22-31(27-18-10-11-19-27,26-16-7-4-8-17-26)33(29)30(32)25-14-5-3-6-15-25;1-20-12-10-11-17-24(20)28-21(2)25-18-19-27(3,23-15-8-5-9-16-23)29(25)26(28)22-13-6-4-7-14-22;1-19-11-9-10-16-23(19)27-20(2)24-17-18-25(21-12-5-3-6-13-21)28(24)26(27)22-14-7-4-8-15-22/h12-14,21-23,26-28,31H,3-11,15-20H2,1-2H3;9,12-13,20-22,25-27,30H,3-8,10-11,14-19H2,1-2H3;5,8-12,15-19,22,26H,4,6-7,13-14H2,1-3H3;9-11,16-18,21-22,25-26H,3-8,12-15H2,1-2H3/i;;;25D. The number of hydrogen-bond acceptors (Lipinski definition) is 8. The van der Waals surface area contributed by atoms with E-state index in [0.717, 1.165) is 35.5 Å². The molecule has 5 aromatic carbocycles. The van der Waals surface area contributed by atoms with Crippen molar-refractivity contribution in [1.82, 2.24) is 19.6 Å². The fourth-order valence-corrected chi connectivity index (χ4v) is 29.5. The van der Waals surface area contributed by atoms with Gasteiger partial charge in [-0.25, -0.2) is 0 Å². The zero-order valence-electron chi connectivity index (χ0n) is 79.4. The molecule has 5 aromatic rings. The Balaban J connectivity index is 0.000000109. The van der Waals surface area contributed by atoms with Crippen LogP contribution >= 0.6 is 0 Å². The molecule has 8 nitrogen and oxygen atoms in total. The number of anilines is 4. The summed E-state index contributed by atoms with van der Waals surface area (Å²) < 4.78 is 9.73. The molecular formula is C116H158N8. The molecular weight excluding hydrogens is 1510 g/mol. The molecule has 0 aromatic heterocycles. The van der Waals surface area contributed by atoms with Crippen LogP contribution in [0, 0.1) is 81.0 Å². The number of benzene rings is 5. The van der Waals surface area contributed by atoms with Crippen molar-refractivity contribution in [3.8, 4) is 0 Å². The van der Waals surface area contributed by atoms with Crippen molar-refractivity contribution in [3.05, 3.63) is 249 Å². The summed E-state index contributed by atoms with van der Waals surface area (Å²) in [7, 11) is 0. The third-order valence-electron chi connectivity index (χ3n) is 35.6. The average Bonchev–Trinajstić information content (AvgIpc) is 1.56. The van der Waals surface area contributed by atoms with Gasteiger partial charge in [0.2, 0.25) is 0 Å². The van der Waals surface area contributed by atoms with Gasteiger partial charge in [-0.15, -0.1) is 0 Å². The number of nitrogens with zero attached hydrogens (tertiary/aromatic N) is 8. The molecule has 8 aliphatic heterocycles. The molecule has 0 N–H and O–H groups in total. The molecule has 22 rings (SSSR count). The van der Waals surface area contributed by atoms with Gasteiger partial charge in [-0.3, -0.25) is 0 Å². The van der Waals surface area contributed by atoms with Gasteiger partial charge in [0, 0.05) is 45.5 Å². The molecule has 7 atom stereocenters. The molecule has 662 valence electrons. The number of aryl methyl sites for hydroxylation is 4. The normalized spacial score (nSPS) is 29.9. The first kappa shape index (κ1) is 84.6. The fraction of sp³-hybridized carbons (Fsp3) is 0.603. The smallest absolute Gasteiger partial charge is 0.110 e. The summed E-state index contributed by atoms with van der Waals surface area (Å²) in [5.41, 5.74) is 24.5. The molecule has 9 fully saturated rings. The van der Waals surface area contributed by atoms with E-state index in [0.29, 0.717) is 42.4 Å². The van der Waals surface area contributed by atoms with Crippen molar-refractivity contribution in [3.63, 3.8) is 0 Å². The molecule has 0 amide bonds. The Morgan fingerprint density at radius 2 is 0.516 bits per heavy atom. The molecule has 0 spiro atoms. The van der Waals surface area contributed by atoms with Gasteiger partial charge in [-0.05, 0) is 308 Å². The largest absolute Gasteiger partial charge is 0.342 e. The van der Waals surface area contributed by atoms with Gasteiger partial charge in [0.05, 0.1) is 46.8 Å². The van der Waals surface area contributed by atoms with E-state index >= 15 is 0 Å². The predicted octanol–water partition coefficient (Wildman–Crippen LogP) is 30.6. The van der Waals surface area contributed by atoms with Gasteiger partial charge < -0.3 is 39.2 Å². The van der Waals surface area contributed by atoms with Crippen molar-refractivity contribution in [2.24, 2.45) is 53.3 Å². The maximum absolute atomic E-state index is 9.73. The van der Waals surface area contributed by atoms with Crippen molar-refractivity contribution in [1.29, 1.82) is 0 Å². The monoisotopic (exact) mass is 1660 g/mol. The highest BCUT2D eigenvalue weighted by atomic mass is 15.5. The van der Waals surface area contributed by atoms with E-state index < -0.39 is 6.02 Å². The first-order valence-electron chi connectivity index (χ1n) is 52.4. The lowest BCUT2D eigenvalue weighted by Gasteiger charge is -2.56. The minimum Gasteiger partial charge on any atom is -0.342 e. The molecule has 124 heavy (non-hydrogen) atoms. The number of rotatable bonds is 14. The number of fused-ring (bicyclic) bond motifs is 4. The fourth-order valence-electron chi connectivity index (χ4n) is 29.5. The number of para-hydroxylation sites is 4. The highest BCUT2D eigenvalue weighted by molar-refractivity contribution is 5.68. The Kier molecular flexibility index (Phi) is 25.7. The Morgan fingerprint density at radius 3 is 0.855 bits per heavy atom. The lowest BCUT2D eigenvalue weighted by Crippen LogP contribution is -2.61. The van der Waals surface area contributed by atoms with Crippen LogP contribution in [0.3, 0.4) is 0 Å². The molecule has 9 saturated carbocycles. The summed E-state index contributed by atoms with van der Waals surface area (Å²) in [4.78, 5) is 22.3. The minimum absolute atomic E-state index is 0.0998. The van der Waals surface area contributed by atoms with Gasteiger partial charge in [-0.1, -0.05) is 294 Å². The van der Waals surface area contributed by atoms with Gasteiger partial charge in [-0.2, -0.15) is 0 Å². The van der Waals surface area contributed by atoms with Crippen LogP contribution in [0.25, 0.3) is 0 Å². The van der Waals surface area contributed by atoms with Crippen LogP contribution in [-0.2, 0) is 5.54 Å². The molecule has 0 radical (unpaired) electrons. The van der Waals surface area contributed by atoms with Crippen LogP contribution in [0.5, 0.6) is 0 Å². The summed E-state index contributed by atoms with van der Waals surface area (Å²) in [6.45, 7) is 21.0. The van der Waals surface area contributed by atoms with Crippen molar-refractivity contribution in [2.45, 2.75) is 392 Å². The summed E-state index contributed by atoms with van der Waals surface area (Å²) >= 11 is 0. The van der Waals surface area contributed by atoms with E-state index in [2.05, 4.69) is 278 Å². The Morgan fingerprint density at radius 1 is 0.258 bits per heavy atom. The molecule has 0 bridgehead atoms. The third-order valence-corrected chi connectivity index (χ3v) is 35.6. The van der Waals surface area contributed by atoms with E-state index in [1.54, 1.807) is 11.4 Å². The van der Waals surface area contributed by atoms with Crippen LogP contribution in [0.1, 0.15) is 346 Å². The number of allylic oxidation sites excluding steroid dienone is 8. The second-order valence-corrected chi connectivity index (χ2v) is 42.6. The Hall–Kier alpha value is -7.58. The molecule has 8 heteroatoms. The van der Waals surface area contributed by atoms with Crippen LogP contribution in [0.4, 0.5) is 22.7 Å².